The zero-order valence-electron chi connectivity index (χ0n) is 24.4. The number of anilines is 1. The summed E-state index contributed by atoms with van der Waals surface area (Å²) in [5, 5.41) is 14.8. The number of esters is 1. The third-order valence-corrected chi connectivity index (χ3v) is 7.21. The molecule has 1 saturated heterocycles. The molecule has 0 spiro atoms. The smallest absolute Gasteiger partial charge is 0.325 e. The summed E-state index contributed by atoms with van der Waals surface area (Å²) in [5.74, 6) is -0.470. The lowest BCUT2D eigenvalue weighted by Gasteiger charge is -2.42. The second kappa shape index (κ2) is 15.4. The molecule has 1 fully saturated rings. The number of pyridine rings is 1. The summed E-state index contributed by atoms with van der Waals surface area (Å²) in [6, 6.07) is 20.5. The van der Waals surface area contributed by atoms with Gasteiger partial charge in [0, 0.05) is 48.6 Å². The minimum absolute atomic E-state index is 0.0239. The monoisotopic (exact) mass is 576 g/mol. The Balaban J connectivity index is 1.49. The Labute approximate surface area is 247 Å². The van der Waals surface area contributed by atoms with Gasteiger partial charge in [-0.15, -0.1) is 0 Å². The van der Waals surface area contributed by atoms with Gasteiger partial charge in [-0.1, -0.05) is 49.4 Å². The Kier molecular flexibility index (Phi) is 11.4. The third kappa shape index (κ3) is 8.83. The number of aromatic nitrogens is 1. The lowest BCUT2D eigenvalue weighted by atomic mass is 9.90. The van der Waals surface area contributed by atoms with Crippen LogP contribution in [0.15, 0.2) is 72.9 Å². The van der Waals surface area contributed by atoms with Gasteiger partial charge in [0.15, 0.2) is 6.29 Å². The fraction of sp³-hybridized carbons (Fsp3) is 0.406. The number of carbonyl (C=O) groups excluding carboxylic acids is 2. The van der Waals surface area contributed by atoms with Crippen molar-refractivity contribution in [2.75, 3.05) is 38.6 Å². The lowest BCUT2D eigenvalue weighted by Crippen LogP contribution is -2.44. The highest BCUT2D eigenvalue weighted by molar-refractivity contribution is 5.91. The first-order chi connectivity index (χ1) is 20.4. The number of benzene rings is 2. The molecule has 2 heterocycles. The van der Waals surface area contributed by atoms with E-state index in [1.807, 2.05) is 60.8 Å². The zero-order chi connectivity index (χ0) is 29.9. The Morgan fingerprint density at radius 2 is 1.86 bits per heavy atom. The van der Waals surface area contributed by atoms with Crippen molar-refractivity contribution in [3.05, 3.63) is 95.3 Å². The minimum Gasteiger partial charge on any atom is -0.465 e. The van der Waals surface area contributed by atoms with Gasteiger partial charge in [0.1, 0.15) is 6.54 Å². The molecule has 0 radical (unpaired) electrons. The van der Waals surface area contributed by atoms with Crippen LogP contribution in [0.5, 0.6) is 0 Å². The van der Waals surface area contributed by atoms with Crippen LogP contribution in [0.2, 0.25) is 0 Å². The highest BCUT2D eigenvalue weighted by atomic mass is 16.7. The predicted octanol–water partition coefficient (Wildman–Crippen LogP) is 4.22. The molecule has 224 valence electrons. The first-order valence-electron chi connectivity index (χ1n) is 14.3. The fourth-order valence-corrected chi connectivity index (χ4v) is 4.88. The first kappa shape index (κ1) is 31.1. The summed E-state index contributed by atoms with van der Waals surface area (Å²) in [6.07, 6.45) is 1.56. The van der Waals surface area contributed by atoms with Gasteiger partial charge in [-0.25, -0.2) is 4.79 Å². The average Bonchev–Trinajstić information content (AvgIpc) is 3.01. The number of nitrogens with one attached hydrogen (secondary N) is 2. The Morgan fingerprint density at radius 1 is 1.05 bits per heavy atom. The van der Waals surface area contributed by atoms with E-state index in [0.717, 1.165) is 35.3 Å². The summed E-state index contributed by atoms with van der Waals surface area (Å²) < 4.78 is 18.0. The van der Waals surface area contributed by atoms with Gasteiger partial charge < -0.3 is 34.9 Å². The van der Waals surface area contributed by atoms with E-state index in [2.05, 4.69) is 34.5 Å². The van der Waals surface area contributed by atoms with Gasteiger partial charge in [-0.2, -0.15) is 0 Å². The van der Waals surface area contributed by atoms with Crippen LogP contribution in [-0.2, 0) is 32.0 Å². The van der Waals surface area contributed by atoms with E-state index in [1.165, 1.54) is 0 Å². The van der Waals surface area contributed by atoms with Crippen molar-refractivity contribution in [1.82, 2.24) is 15.2 Å². The quantitative estimate of drug-likeness (QED) is 0.274. The van der Waals surface area contributed by atoms with Crippen LogP contribution in [0.4, 0.5) is 10.5 Å². The Morgan fingerprint density at radius 3 is 2.57 bits per heavy atom. The molecule has 2 aromatic carbocycles. The molecule has 0 bridgehead atoms. The Bertz CT molecular complexity index is 1290. The number of aliphatic hydroxyl groups excluding tert-OH is 1. The SMILES string of the molecule is CCOC(=O)CNC(=O)Nc1cccc([C@H]2O[C@@H](CN(C)CCc3ccccn3)[C@@H](C)[C@@H](c3ccc(CO)cc3)O2)c1. The van der Waals surface area contributed by atoms with Crippen LogP contribution < -0.4 is 10.6 Å². The molecular formula is C32H40N4O6. The molecule has 4 rings (SSSR count). The summed E-state index contributed by atoms with van der Waals surface area (Å²) in [7, 11) is 2.08. The number of urea groups is 1. The molecular weight excluding hydrogens is 536 g/mol. The van der Waals surface area contributed by atoms with E-state index < -0.39 is 18.3 Å². The van der Waals surface area contributed by atoms with Crippen molar-refractivity contribution in [3.8, 4) is 0 Å². The van der Waals surface area contributed by atoms with E-state index in [4.69, 9.17) is 14.2 Å². The standard InChI is InChI=1S/C32H40N4O6/c1-4-40-29(38)19-34-32(39)35-27-10-7-8-25(18-27)31-41-28(20-36(3)17-15-26-9-5-6-16-33-26)22(2)30(42-31)24-13-11-23(21-37)12-14-24/h5-14,16,18,22,28,30-31,37H,4,15,17,19-21H2,1-3H3,(H2,34,35,39)/t22-,28+,30+,31+/m1/s1. The number of rotatable bonds is 12. The van der Waals surface area contributed by atoms with E-state index in [-0.39, 0.29) is 37.9 Å². The number of carbonyl (C=O) groups is 2. The molecule has 3 N–H and O–H groups in total. The van der Waals surface area contributed by atoms with Crippen molar-refractivity contribution in [2.24, 2.45) is 5.92 Å². The first-order valence-corrected chi connectivity index (χ1v) is 14.3. The number of hydrogen-bond donors (Lipinski definition) is 3. The van der Waals surface area contributed by atoms with E-state index >= 15 is 0 Å². The number of amides is 2. The predicted molar refractivity (Wildman–Crippen MR) is 159 cm³/mol. The number of aliphatic hydroxyl groups is 1. The number of hydrogen-bond acceptors (Lipinski definition) is 8. The van der Waals surface area contributed by atoms with Gasteiger partial charge in [0.05, 0.1) is 25.4 Å². The molecule has 10 nitrogen and oxygen atoms in total. The number of nitrogens with zero attached hydrogens (tertiary/aromatic N) is 2. The molecule has 0 unspecified atom stereocenters. The minimum atomic E-state index is -0.678. The molecule has 42 heavy (non-hydrogen) atoms. The summed E-state index contributed by atoms with van der Waals surface area (Å²) in [6.45, 7) is 5.35. The highest BCUT2D eigenvalue weighted by Crippen LogP contribution is 2.42. The van der Waals surface area contributed by atoms with Gasteiger partial charge in [-0.05, 0) is 49.4 Å². The second-order valence-corrected chi connectivity index (χ2v) is 10.4. The highest BCUT2D eigenvalue weighted by Gasteiger charge is 2.38. The maximum atomic E-state index is 12.4. The fourth-order valence-electron chi connectivity index (χ4n) is 4.88. The molecule has 4 atom stereocenters. The van der Waals surface area contributed by atoms with Crippen LogP contribution in [0, 0.1) is 5.92 Å². The molecule has 0 aliphatic carbocycles. The number of likely N-dealkylation sites (N-methyl/N-ethyl adjacent to an activating group) is 1. The van der Waals surface area contributed by atoms with Gasteiger partial charge >= 0.3 is 12.0 Å². The van der Waals surface area contributed by atoms with Crippen molar-refractivity contribution < 1.29 is 28.9 Å². The normalized spacial score (nSPS) is 20.2. The Hall–Kier alpha value is -3.83. The van der Waals surface area contributed by atoms with Crippen molar-refractivity contribution in [3.63, 3.8) is 0 Å². The second-order valence-electron chi connectivity index (χ2n) is 10.4. The van der Waals surface area contributed by atoms with Crippen LogP contribution in [0.1, 0.15) is 48.6 Å². The van der Waals surface area contributed by atoms with Crippen LogP contribution in [0.3, 0.4) is 0 Å². The van der Waals surface area contributed by atoms with Crippen molar-refractivity contribution in [1.29, 1.82) is 0 Å². The van der Waals surface area contributed by atoms with Gasteiger partial charge in [0.25, 0.3) is 0 Å². The van der Waals surface area contributed by atoms with E-state index in [9.17, 15) is 14.7 Å². The van der Waals surface area contributed by atoms with Gasteiger partial charge in [-0.3, -0.25) is 9.78 Å². The largest absolute Gasteiger partial charge is 0.465 e. The topological polar surface area (TPSA) is 122 Å². The summed E-state index contributed by atoms with van der Waals surface area (Å²) in [4.78, 5) is 30.6. The van der Waals surface area contributed by atoms with Crippen LogP contribution >= 0.6 is 0 Å². The van der Waals surface area contributed by atoms with Gasteiger partial charge in [0.2, 0.25) is 0 Å². The summed E-state index contributed by atoms with van der Waals surface area (Å²) >= 11 is 0. The number of ether oxygens (including phenoxy) is 3. The third-order valence-electron chi connectivity index (χ3n) is 7.21. The van der Waals surface area contributed by atoms with Crippen LogP contribution in [0.25, 0.3) is 0 Å². The van der Waals surface area contributed by atoms with E-state index in [0.29, 0.717) is 12.2 Å². The molecule has 2 amide bonds. The molecule has 1 aliphatic rings. The molecule has 1 aromatic heterocycles. The molecule has 10 heteroatoms. The van der Waals surface area contributed by atoms with E-state index in [1.54, 1.807) is 19.1 Å². The average molecular weight is 577 g/mol. The maximum absolute atomic E-state index is 12.4. The molecule has 0 saturated carbocycles. The zero-order valence-corrected chi connectivity index (χ0v) is 24.4. The maximum Gasteiger partial charge on any atom is 0.325 e. The molecule has 1 aliphatic heterocycles. The molecule has 3 aromatic rings. The van der Waals surface area contributed by atoms with Crippen molar-refractivity contribution in [2.45, 2.75) is 45.4 Å². The van der Waals surface area contributed by atoms with Crippen LogP contribution in [-0.4, -0.2) is 66.4 Å². The lowest BCUT2D eigenvalue weighted by molar-refractivity contribution is -0.275. The van der Waals surface area contributed by atoms with Crippen molar-refractivity contribution >= 4 is 17.7 Å². The summed E-state index contributed by atoms with van der Waals surface area (Å²) in [5.41, 5.74) is 4.17.